The molecule has 0 aromatic carbocycles. The van der Waals surface area contributed by atoms with Crippen molar-refractivity contribution in [3.8, 4) is 0 Å². The van der Waals surface area contributed by atoms with Gasteiger partial charge >= 0.3 is 0 Å². The van der Waals surface area contributed by atoms with Crippen molar-refractivity contribution in [1.82, 2.24) is 5.32 Å². The zero-order valence-electron chi connectivity index (χ0n) is 9.79. The minimum absolute atomic E-state index is 0.843. The molecule has 1 saturated heterocycles. The summed E-state index contributed by atoms with van der Waals surface area (Å²) in [5, 5.41) is 40.0. The van der Waals surface area contributed by atoms with Gasteiger partial charge in [-0.1, -0.05) is 0 Å². The van der Waals surface area contributed by atoms with E-state index in [1.54, 1.807) is 0 Å². The largest absolute Gasteiger partial charge is 0.394 e. The number of amides is 1. The van der Waals surface area contributed by atoms with Crippen LogP contribution in [0.3, 0.4) is 0 Å². The van der Waals surface area contributed by atoms with Gasteiger partial charge in [0.1, 0.15) is 18.2 Å². The van der Waals surface area contributed by atoms with Gasteiger partial charge in [0.05, 0.1) is 6.61 Å². The van der Waals surface area contributed by atoms with Crippen LogP contribution in [-0.4, -0.2) is 75.4 Å². The van der Waals surface area contributed by atoms with Crippen molar-refractivity contribution in [3.63, 3.8) is 0 Å². The SMILES string of the molecule is CC(=O)N[C@H]1C(O)O[C@H](CO)[C@@H](O)[C@@]1(O)S(=O)(=O)O. The second-order valence-electron chi connectivity index (χ2n) is 4.10. The van der Waals surface area contributed by atoms with Gasteiger partial charge in [-0.25, -0.2) is 0 Å². The minimum atomic E-state index is -5.31. The number of carbonyl (C=O) groups is 1. The Morgan fingerprint density at radius 3 is 2.32 bits per heavy atom. The molecular weight excluding hydrogens is 286 g/mol. The van der Waals surface area contributed by atoms with Crippen molar-refractivity contribution in [2.45, 2.75) is 36.4 Å². The Hall–Kier alpha value is -0.820. The van der Waals surface area contributed by atoms with E-state index in [9.17, 15) is 28.5 Å². The third-order valence-electron chi connectivity index (χ3n) is 2.77. The normalized spacial score (nSPS) is 39.9. The number of rotatable bonds is 3. The zero-order valence-corrected chi connectivity index (χ0v) is 10.6. The highest BCUT2D eigenvalue weighted by molar-refractivity contribution is 7.87. The molecule has 1 amide bonds. The summed E-state index contributed by atoms with van der Waals surface area (Å²) in [5.74, 6) is -0.843. The van der Waals surface area contributed by atoms with Gasteiger partial charge in [-0.05, 0) is 0 Å². The zero-order chi connectivity index (χ0) is 15.0. The molecule has 5 atom stereocenters. The maximum absolute atomic E-state index is 11.3. The van der Waals surface area contributed by atoms with Gasteiger partial charge < -0.3 is 30.5 Å². The Balaban J connectivity index is 3.31. The molecule has 1 aliphatic rings. The molecule has 0 saturated carbocycles. The predicted octanol–water partition coefficient (Wildman–Crippen LogP) is -3.86. The second-order valence-corrected chi connectivity index (χ2v) is 5.70. The molecule has 11 heteroatoms. The Kier molecular flexibility index (Phi) is 4.51. The molecule has 112 valence electrons. The summed E-state index contributed by atoms with van der Waals surface area (Å²) < 4.78 is 36.2. The lowest BCUT2D eigenvalue weighted by molar-refractivity contribution is -0.266. The minimum Gasteiger partial charge on any atom is -0.394 e. The lowest BCUT2D eigenvalue weighted by atomic mass is 9.96. The van der Waals surface area contributed by atoms with Crippen LogP contribution in [-0.2, 0) is 19.6 Å². The molecule has 1 aliphatic heterocycles. The second kappa shape index (κ2) is 5.28. The molecule has 0 aliphatic carbocycles. The third kappa shape index (κ3) is 2.72. The van der Waals surface area contributed by atoms with Crippen molar-refractivity contribution < 1.29 is 42.9 Å². The Labute approximate surface area is 108 Å². The number of hydrogen-bond acceptors (Lipinski definition) is 8. The molecule has 1 unspecified atom stereocenters. The van der Waals surface area contributed by atoms with Gasteiger partial charge in [-0.2, -0.15) is 8.42 Å². The van der Waals surface area contributed by atoms with Crippen molar-refractivity contribution in [2.75, 3.05) is 6.61 Å². The standard InChI is InChI=1S/C8H15NO9S/c1-3(11)9-5-7(13)18-4(2-10)6(12)8(5,14)19(15,16)17/h4-7,10,12-14H,2H2,1H3,(H,9,11)(H,15,16,17)/t4-,5+,6-,7?,8+/m1/s1. The Bertz CT molecular complexity index is 451. The highest BCUT2D eigenvalue weighted by Gasteiger charge is 2.63. The van der Waals surface area contributed by atoms with Crippen molar-refractivity contribution in [3.05, 3.63) is 0 Å². The van der Waals surface area contributed by atoms with E-state index in [1.165, 1.54) is 0 Å². The molecular formula is C8H15NO9S. The van der Waals surface area contributed by atoms with Crippen molar-refractivity contribution in [2.24, 2.45) is 0 Å². The fourth-order valence-corrected chi connectivity index (χ4v) is 2.79. The van der Waals surface area contributed by atoms with E-state index < -0.39 is 52.1 Å². The molecule has 1 fully saturated rings. The number of aliphatic hydroxyl groups is 4. The van der Waals surface area contributed by atoms with Gasteiger partial charge in [-0.15, -0.1) is 0 Å². The first kappa shape index (κ1) is 16.2. The summed E-state index contributed by atoms with van der Waals surface area (Å²) in [7, 11) is -5.31. The first-order valence-electron chi connectivity index (χ1n) is 5.14. The van der Waals surface area contributed by atoms with Crippen molar-refractivity contribution >= 4 is 16.0 Å². The topological polar surface area (TPSA) is 174 Å². The van der Waals surface area contributed by atoms with E-state index in [0.717, 1.165) is 6.92 Å². The monoisotopic (exact) mass is 301 g/mol. The van der Waals surface area contributed by atoms with Crippen LogP contribution < -0.4 is 5.32 Å². The first-order valence-corrected chi connectivity index (χ1v) is 6.58. The van der Waals surface area contributed by atoms with E-state index in [1.807, 2.05) is 5.32 Å². The van der Waals surface area contributed by atoms with Crippen LogP contribution in [0.15, 0.2) is 0 Å². The summed E-state index contributed by atoms with van der Waals surface area (Å²) in [6.07, 6.45) is -6.00. The van der Waals surface area contributed by atoms with Crippen LogP contribution in [0.4, 0.5) is 0 Å². The molecule has 6 N–H and O–H groups in total. The molecule has 0 radical (unpaired) electrons. The fraction of sp³-hybridized carbons (Fsp3) is 0.875. The van der Waals surface area contributed by atoms with Crippen LogP contribution in [0.5, 0.6) is 0 Å². The molecule has 1 rings (SSSR count). The lowest BCUT2D eigenvalue weighted by Crippen LogP contribution is -2.74. The van der Waals surface area contributed by atoms with Gasteiger partial charge in [0, 0.05) is 6.92 Å². The highest BCUT2D eigenvalue weighted by atomic mass is 32.2. The molecule has 0 aromatic heterocycles. The summed E-state index contributed by atoms with van der Waals surface area (Å²) >= 11 is 0. The molecule has 10 nitrogen and oxygen atoms in total. The first-order chi connectivity index (χ1) is 8.55. The molecule has 19 heavy (non-hydrogen) atoms. The van der Waals surface area contributed by atoms with Gasteiger partial charge in [0.25, 0.3) is 10.1 Å². The Morgan fingerprint density at radius 1 is 1.42 bits per heavy atom. The summed E-state index contributed by atoms with van der Waals surface area (Å²) in [4.78, 5) is 7.62. The predicted molar refractivity (Wildman–Crippen MR) is 58.1 cm³/mol. The van der Waals surface area contributed by atoms with E-state index in [2.05, 4.69) is 4.74 Å². The van der Waals surface area contributed by atoms with Crippen LogP contribution in [0.1, 0.15) is 6.92 Å². The van der Waals surface area contributed by atoms with E-state index in [0.29, 0.717) is 0 Å². The van der Waals surface area contributed by atoms with Crippen LogP contribution >= 0.6 is 0 Å². The van der Waals surface area contributed by atoms with Crippen LogP contribution in [0.25, 0.3) is 0 Å². The summed E-state index contributed by atoms with van der Waals surface area (Å²) in [5.41, 5.74) is 0. The van der Waals surface area contributed by atoms with E-state index in [4.69, 9.17) is 9.66 Å². The quantitative estimate of drug-likeness (QED) is 0.285. The Morgan fingerprint density at radius 2 is 1.95 bits per heavy atom. The smallest absolute Gasteiger partial charge is 0.300 e. The van der Waals surface area contributed by atoms with Gasteiger partial charge in [-0.3, -0.25) is 9.35 Å². The van der Waals surface area contributed by atoms with Gasteiger partial charge in [0.15, 0.2) is 6.29 Å². The van der Waals surface area contributed by atoms with E-state index >= 15 is 0 Å². The summed E-state index contributed by atoms with van der Waals surface area (Å²) in [6, 6.07) is -2.03. The molecule has 0 bridgehead atoms. The maximum atomic E-state index is 11.3. The van der Waals surface area contributed by atoms with E-state index in [-0.39, 0.29) is 0 Å². The number of ether oxygens (including phenoxy) is 1. The number of carbonyl (C=O) groups excluding carboxylic acids is 1. The molecule has 0 aromatic rings. The number of hydrogen-bond donors (Lipinski definition) is 6. The van der Waals surface area contributed by atoms with Gasteiger partial charge in [0.2, 0.25) is 10.8 Å². The number of nitrogens with one attached hydrogen (secondary N) is 1. The average Bonchev–Trinajstić information content (AvgIpc) is 2.27. The summed E-state index contributed by atoms with van der Waals surface area (Å²) in [6.45, 7) is 0.0322. The molecule has 0 spiro atoms. The van der Waals surface area contributed by atoms with Crippen LogP contribution in [0.2, 0.25) is 0 Å². The third-order valence-corrected chi connectivity index (χ3v) is 4.09. The lowest BCUT2D eigenvalue weighted by Gasteiger charge is -2.46. The highest BCUT2D eigenvalue weighted by Crippen LogP contribution is 2.33. The van der Waals surface area contributed by atoms with Crippen molar-refractivity contribution in [1.29, 1.82) is 0 Å². The fourth-order valence-electron chi connectivity index (χ4n) is 1.84. The number of aliphatic hydroxyl groups excluding tert-OH is 3. The molecule has 1 heterocycles. The van der Waals surface area contributed by atoms with Crippen LogP contribution in [0, 0.1) is 0 Å². The average molecular weight is 301 g/mol. The maximum Gasteiger partial charge on any atom is 0.300 e.